The molecule has 5 heteroatoms. The maximum Gasteiger partial charge on any atom is 0.344 e. The van der Waals surface area contributed by atoms with Gasteiger partial charge in [-0.25, -0.2) is 4.79 Å². The zero-order valence-corrected chi connectivity index (χ0v) is 9.64. The number of carboxylic acid groups (broad SMARTS) is 1. The van der Waals surface area contributed by atoms with E-state index >= 15 is 0 Å². The quantitative estimate of drug-likeness (QED) is 0.841. The first-order valence-electron chi connectivity index (χ1n) is 5.09. The lowest BCUT2D eigenvalue weighted by molar-refractivity contribution is -0.145. The van der Waals surface area contributed by atoms with Gasteiger partial charge in [0.1, 0.15) is 11.5 Å². The van der Waals surface area contributed by atoms with Gasteiger partial charge in [-0.05, 0) is 18.6 Å². The Morgan fingerprint density at radius 2 is 2.12 bits per heavy atom. The molecule has 1 aromatic rings. The first kappa shape index (κ1) is 12.8. The lowest BCUT2D eigenvalue weighted by atomic mass is 10.2. The van der Waals surface area contributed by atoms with Gasteiger partial charge in [0.2, 0.25) is 0 Å². The third-order valence-corrected chi connectivity index (χ3v) is 2.17. The molecule has 1 unspecified atom stereocenters. The number of carbonyl (C=O) groups is 1. The fraction of sp³-hybridized carbons (Fsp3) is 0.333. The molecule has 1 atom stereocenters. The highest BCUT2D eigenvalue weighted by molar-refractivity contribution is 5.72. The molecular formula is C12H13NO4. The molecule has 0 aromatic heterocycles. The summed E-state index contributed by atoms with van der Waals surface area (Å²) in [6.45, 7) is 1.71. The summed E-state index contributed by atoms with van der Waals surface area (Å²) in [6, 6.07) is 6.53. The van der Waals surface area contributed by atoms with E-state index in [1.165, 1.54) is 13.2 Å². The molecule has 0 aliphatic rings. The number of hydrogen-bond acceptors (Lipinski definition) is 4. The van der Waals surface area contributed by atoms with Crippen molar-refractivity contribution in [2.75, 3.05) is 7.11 Å². The minimum atomic E-state index is -1.03. The summed E-state index contributed by atoms with van der Waals surface area (Å²) >= 11 is 0. The van der Waals surface area contributed by atoms with Crippen LogP contribution in [0, 0.1) is 11.3 Å². The molecule has 0 saturated carbocycles. The van der Waals surface area contributed by atoms with Gasteiger partial charge in [-0.2, -0.15) is 5.26 Å². The molecule has 0 amide bonds. The molecule has 1 rings (SSSR count). The summed E-state index contributed by atoms with van der Waals surface area (Å²) < 4.78 is 10.3. The van der Waals surface area contributed by atoms with Crippen molar-refractivity contribution < 1.29 is 19.4 Å². The molecule has 5 nitrogen and oxygen atoms in total. The Morgan fingerprint density at radius 1 is 1.47 bits per heavy atom. The number of nitrogens with zero attached hydrogens (tertiary/aromatic N) is 1. The monoisotopic (exact) mass is 235 g/mol. The molecule has 0 aliphatic carbocycles. The van der Waals surface area contributed by atoms with E-state index in [1.54, 1.807) is 19.1 Å². The van der Waals surface area contributed by atoms with Gasteiger partial charge in [0.05, 0.1) is 18.7 Å². The molecule has 1 aromatic carbocycles. The van der Waals surface area contributed by atoms with Gasteiger partial charge in [0.15, 0.2) is 6.10 Å². The van der Waals surface area contributed by atoms with E-state index in [-0.39, 0.29) is 0 Å². The topological polar surface area (TPSA) is 79.5 Å². The van der Waals surface area contributed by atoms with E-state index < -0.39 is 12.1 Å². The Labute approximate surface area is 99.2 Å². The van der Waals surface area contributed by atoms with Gasteiger partial charge >= 0.3 is 5.97 Å². The third-order valence-electron chi connectivity index (χ3n) is 2.17. The molecule has 1 N–H and O–H groups in total. The van der Waals surface area contributed by atoms with Crippen molar-refractivity contribution in [3.8, 4) is 17.6 Å². The first-order valence-corrected chi connectivity index (χ1v) is 5.09. The molecule has 0 radical (unpaired) electrons. The molecule has 0 fully saturated rings. The second-order valence-electron chi connectivity index (χ2n) is 3.36. The summed E-state index contributed by atoms with van der Waals surface area (Å²) in [6.07, 6.45) is -0.581. The molecule has 0 saturated heterocycles. The predicted octanol–water partition coefficient (Wildman–Crippen LogP) is 1.81. The molecule has 0 heterocycles. The van der Waals surface area contributed by atoms with E-state index in [9.17, 15) is 4.79 Å². The van der Waals surface area contributed by atoms with Crippen molar-refractivity contribution >= 4 is 5.97 Å². The second kappa shape index (κ2) is 5.75. The molecule has 17 heavy (non-hydrogen) atoms. The summed E-state index contributed by atoms with van der Waals surface area (Å²) in [5, 5.41) is 17.7. The Balaban J connectivity index is 2.97. The third kappa shape index (κ3) is 3.38. The van der Waals surface area contributed by atoms with Crippen molar-refractivity contribution in [1.82, 2.24) is 0 Å². The van der Waals surface area contributed by atoms with Gasteiger partial charge < -0.3 is 14.6 Å². The number of rotatable bonds is 5. The van der Waals surface area contributed by atoms with Crippen LogP contribution in [0.15, 0.2) is 18.2 Å². The lowest BCUT2D eigenvalue weighted by Crippen LogP contribution is -2.25. The largest absolute Gasteiger partial charge is 0.497 e. The van der Waals surface area contributed by atoms with E-state index in [1.807, 2.05) is 6.07 Å². The summed E-state index contributed by atoms with van der Waals surface area (Å²) in [5.74, 6) is -0.261. The number of methoxy groups -OCH3 is 1. The van der Waals surface area contributed by atoms with Gasteiger partial charge in [-0.15, -0.1) is 0 Å². The number of aliphatic carboxylic acids is 1. The van der Waals surface area contributed by atoms with E-state index in [4.69, 9.17) is 19.8 Å². The predicted molar refractivity (Wildman–Crippen MR) is 60.1 cm³/mol. The standard InChI is InChI=1S/C12H13NO4/c1-3-11(12(14)15)17-10-5-8(7-13)4-9(6-10)16-2/h4-6,11H,3H2,1-2H3,(H,14,15). The van der Waals surface area contributed by atoms with Crippen molar-refractivity contribution in [2.45, 2.75) is 19.4 Å². The summed E-state index contributed by atoms with van der Waals surface area (Å²) in [5.41, 5.74) is 0.361. The maximum atomic E-state index is 10.8. The Morgan fingerprint density at radius 3 is 2.59 bits per heavy atom. The van der Waals surface area contributed by atoms with Crippen LogP contribution < -0.4 is 9.47 Å². The molecular weight excluding hydrogens is 222 g/mol. The SMILES string of the molecule is CCC(Oc1cc(C#N)cc(OC)c1)C(=O)O. The van der Waals surface area contributed by atoms with Crippen molar-refractivity contribution in [3.63, 3.8) is 0 Å². The average molecular weight is 235 g/mol. The molecule has 90 valence electrons. The van der Waals surface area contributed by atoms with Crippen LogP contribution in [0.5, 0.6) is 11.5 Å². The lowest BCUT2D eigenvalue weighted by Gasteiger charge is -2.14. The van der Waals surface area contributed by atoms with Gasteiger partial charge in [-0.1, -0.05) is 6.92 Å². The second-order valence-corrected chi connectivity index (χ2v) is 3.36. The van der Waals surface area contributed by atoms with Crippen LogP contribution >= 0.6 is 0 Å². The number of benzene rings is 1. The molecule has 0 spiro atoms. The van der Waals surface area contributed by atoms with Crippen LogP contribution in [0.25, 0.3) is 0 Å². The Hall–Kier alpha value is -2.22. The van der Waals surface area contributed by atoms with Crippen molar-refractivity contribution in [1.29, 1.82) is 5.26 Å². The summed E-state index contributed by atoms with van der Waals surface area (Å²) in [7, 11) is 1.47. The van der Waals surface area contributed by atoms with Crippen LogP contribution in [0.4, 0.5) is 0 Å². The zero-order valence-electron chi connectivity index (χ0n) is 9.64. The van der Waals surface area contributed by atoms with Gasteiger partial charge in [0, 0.05) is 6.07 Å². The van der Waals surface area contributed by atoms with E-state index in [2.05, 4.69) is 0 Å². The number of hydrogen-bond donors (Lipinski definition) is 1. The fourth-order valence-corrected chi connectivity index (χ4v) is 1.29. The zero-order chi connectivity index (χ0) is 12.8. The highest BCUT2D eigenvalue weighted by Crippen LogP contribution is 2.23. The highest BCUT2D eigenvalue weighted by atomic mass is 16.5. The van der Waals surface area contributed by atoms with Crippen molar-refractivity contribution in [2.24, 2.45) is 0 Å². The average Bonchev–Trinajstić information content (AvgIpc) is 2.34. The van der Waals surface area contributed by atoms with Crippen LogP contribution in [0.3, 0.4) is 0 Å². The number of ether oxygens (including phenoxy) is 2. The van der Waals surface area contributed by atoms with Crippen LogP contribution in [0.1, 0.15) is 18.9 Å². The summed E-state index contributed by atoms with van der Waals surface area (Å²) in [4.78, 5) is 10.8. The minimum absolute atomic E-state index is 0.315. The highest BCUT2D eigenvalue weighted by Gasteiger charge is 2.17. The normalized spacial score (nSPS) is 11.4. The number of carboxylic acids is 1. The van der Waals surface area contributed by atoms with Crippen molar-refractivity contribution in [3.05, 3.63) is 23.8 Å². The van der Waals surface area contributed by atoms with Gasteiger partial charge in [0.25, 0.3) is 0 Å². The van der Waals surface area contributed by atoms with E-state index in [0.717, 1.165) is 0 Å². The van der Waals surface area contributed by atoms with E-state index in [0.29, 0.717) is 23.5 Å². The van der Waals surface area contributed by atoms with Crippen LogP contribution in [0.2, 0.25) is 0 Å². The Bertz CT molecular complexity index is 450. The molecule has 0 bridgehead atoms. The first-order chi connectivity index (χ1) is 8.10. The smallest absolute Gasteiger partial charge is 0.344 e. The van der Waals surface area contributed by atoms with Crippen LogP contribution in [-0.4, -0.2) is 24.3 Å². The maximum absolute atomic E-state index is 10.8. The minimum Gasteiger partial charge on any atom is -0.497 e. The number of nitriles is 1. The van der Waals surface area contributed by atoms with Gasteiger partial charge in [-0.3, -0.25) is 0 Å². The molecule has 0 aliphatic heterocycles. The Kier molecular flexibility index (Phi) is 4.35. The fourth-order valence-electron chi connectivity index (χ4n) is 1.29. The van der Waals surface area contributed by atoms with Crippen LogP contribution in [-0.2, 0) is 4.79 Å².